The maximum Gasteiger partial charge on any atom is 0.303 e. The van der Waals surface area contributed by atoms with Crippen molar-refractivity contribution in [1.82, 2.24) is 15.5 Å². The van der Waals surface area contributed by atoms with Crippen LogP contribution in [-0.2, 0) is 42.9 Å². The number of carbonyl (C=O) groups is 4. The van der Waals surface area contributed by atoms with Gasteiger partial charge in [0.05, 0.1) is 12.1 Å². The smallest absolute Gasteiger partial charge is 0.303 e. The fourth-order valence-electron chi connectivity index (χ4n) is 6.48. The molecule has 0 aliphatic carbocycles. The number of likely N-dealkylation sites (tertiary alicyclic amines) is 1. The lowest BCUT2D eigenvalue weighted by Crippen LogP contribution is -2.67. The minimum Gasteiger partial charge on any atom is -0.463 e. The fourth-order valence-corrected chi connectivity index (χ4v) is 6.72. The first-order valence-corrected chi connectivity index (χ1v) is 17.2. The molecule has 13 heteroatoms. The zero-order valence-corrected chi connectivity index (χ0v) is 29.3. The molecule has 266 valence electrons. The van der Waals surface area contributed by atoms with Gasteiger partial charge in [0.1, 0.15) is 12.7 Å². The molecule has 0 spiro atoms. The van der Waals surface area contributed by atoms with E-state index in [4.69, 9.17) is 35.9 Å². The number of nitrogens with zero attached hydrogens (tertiary/aromatic N) is 1. The molecular formula is C36H47N3O9S. The van der Waals surface area contributed by atoms with Crippen LogP contribution in [0, 0.1) is 0 Å². The molecule has 0 radical (unpaired) electrons. The molecule has 2 aromatic carbocycles. The van der Waals surface area contributed by atoms with E-state index in [2.05, 4.69) is 39.8 Å². The number of esters is 4. The first-order valence-electron chi connectivity index (χ1n) is 16.7. The molecule has 0 aromatic heterocycles. The number of thiocarbonyl (C=S) groups is 1. The number of benzene rings is 2. The molecule has 2 fully saturated rings. The lowest BCUT2D eigenvalue weighted by molar-refractivity contribution is -0.255. The maximum atomic E-state index is 12.4. The SMILES string of the molecule is CC(=O)OC[C@H]1O[C@@H](NC(=S)N[C@@H](c2ccccc2)[C@H](c2ccccc2)N2CCCCCCC2)[C@H](OC(C)=O)[C@@H](OC(C)=O)[C@@H]1OC(C)=O. The highest BCUT2D eigenvalue weighted by Crippen LogP contribution is 2.36. The van der Waals surface area contributed by atoms with Crippen molar-refractivity contribution in [3.63, 3.8) is 0 Å². The van der Waals surface area contributed by atoms with E-state index < -0.39 is 54.5 Å². The molecule has 0 bridgehead atoms. The third kappa shape index (κ3) is 11.2. The number of hydrogen-bond donors (Lipinski definition) is 2. The molecule has 2 aromatic rings. The number of carbonyl (C=O) groups excluding carboxylic acids is 4. The van der Waals surface area contributed by atoms with Crippen molar-refractivity contribution in [2.45, 2.75) is 103 Å². The Balaban J connectivity index is 1.70. The Morgan fingerprint density at radius 1 is 0.735 bits per heavy atom. The van der Waals surface area contributed by atoms with E-state index in [-0.39, 0.29) is 23.8 Å². The van der Waals surface area contributed by atoms with Crippen LogP contribution >= 0.6 is 12.2 Å². The number of nitrogens with one attached hydrogen (secondary N) is 2. The van der Waals surface area contributed by atoms with Gasteiger partial charge in [-0.1, -0.05) is 79.9 Å². The van der Waals surface area contributed by atoms with Crippen molar-refractivity contribution in [2.75, 3.05) is 19.7 Å². The number of ether oxygens (including phenoxy) is 5. The predicted molar refractivity (Wildman–Crippen MR) is 184 cm³/mol. The molecule has 2 heterocycles. The highest BCUT2D eigenvalue weighted by atomic mass is 32.1. The summed E-state index contributed by atoms with van der Waals surface area (Å²) in [6.07, 6.45) is -0.451. The average molecular weight is 698 g/mol. The predicted octanol–water partition coefficient (Wildman–Crippen LogP) is 4.28. The van der Waals surface area contributed by atoms with Crippen molar-refractivity contribution in [1.29, 1.82) is 0 Å². The number of hydrogen-bond acceptors (Lipinski definition) is 11. The van der Waals surface area contributed by atoms with Crippen LogP contribution in [0.3, 0.4) is 0 Å². The Kier molecular flexibility index (Phi) is 14.3. The largest absolute Gasteiger partial charge is 0.463 e. The molecule has 7 atom stereocenters. The fraction of sp³-hybridized carbons (Fsp3) is 0.528. The molecule has 2 aliphatic rings. The average Bonchev–Trinajstić information content (AvgIpc) is 3.03. The Labute approximate surface area is 293 Å². The zero-order chi connectivity index (χ0) is 35.3. The normalized spacial score (nSPS) is 24.1. The Bertz CT molecular complexity index is 1400. The van der Waals surface area contributed by atoms with E-state index in [0.717, 1.165) is 37.1 Å². The summed E-state index contributed by atoms with van der Waals surface area (Å²) in [5.41, 5.74) is 2.13. The van der Waals surface area contributed by atoms with Gasteiger partial charge in [0.2, 0.25) is 0 Å². The topological polar surface area (TPSA) is 142 Å². The Morgan fingerprint density at radius 2 is 1.24 bits per heavy atom. The highest BCUT2D eigenvalue weighted by molar-refractivity contribution is 7.80. The summed E-state index contributed by atoms with van der Waals surface area (Å²) in [6.45, 7) is 6.28. The molecule has 49 heavy (non-hydrogen) atoms. The van der Waals surface area contributed by atoms with Crippen LogP contribution in [0.5, 0.6) is 0 Å². The summed E-state index contributed by atoms with van der Waals surface area (Å²) >= 11 is 5.93. The third-order valence-electron chi connectivity index (χ3n) is 8.45. The summed E-state index contributed by atoms with van der Waals surface area (Å²) in [5.74, 6) is -2.71. The Hall–Kier alpha value is -4.07. The molecule has 2 saturated heterocycles. The van der Waals surface area contributed by atoms with E-state index in [1.165, 1.54) is 47.0 Å². The molecule has 0 saturated carbocycles. The highest BCUT2D eigenvalue weighted by Gasteiger charge is 2.52. The van der Waals surface area contributed by atoms with Crippen molar-refractivity contribution in [3.8, 4) is 0 Å². The van der Waals surface area contributed by atoms with E-state index in [1.54, 1.807) is 0 Å². The van der Waals surface area contributed by atoms with Gasteiger partial charge in [0.15, 0.2) is 29.7 Å². The van der Waals surface area contributed by atoms with Crippen LogP contribution in [0.15, 0.2) is 60.7 Å². The first kappa shape index (κ1) is 37.7. The van der Waals surface area contributed by atoms with E-state index >= 15 is 0 Å². The molecule has 2 aliphatic heterocycles. The summed E-state index contributed by atoms with van der Waals surface area (Å²) < 4.78 is 28.2. The van der Waals surface area contributed by atoms with Gasteiger partial charge in [-0.25, -0.2) is 0 Å². The van der Waals surface area contributed by atoms with Crippen molar-refractivity contribution in [2.24, 2.45) is 0 Å². The summed E-state index contributed by atoms with van der Waals surface area (Å²) in [7, 11) is 0. The molecule has 0 amide bonds. The lowest BCUT2D eigenvalue weighted by atomic mass is 9.91. The second kappa shape index (κ2) is 18.6. The minimum atomic E-state index is -1.32. The van der Waals surface area contributed by atoms with Crippen LogP contribution in [0.2, 0.25) is 0 Å². The zero-order valence-electron chi connectivity index (χ0n) is 28.5. The van der Waals surface area contributed by atoms with Gasteiger partial charge in [-0.05, 0) is 49.3 Å². The molecule has 2 N–H and O–H groups in total. The van der Waals surface area contributed by atoms with Crippen molar-refractivity contribution >= 4 is 41.2 Å². The van der Waals surface area contributed by atoms with Gasteiger partial charge in [0.25, 0.3) is 0 Å². The summed E-state index contributed by atoms with van der Waals surface area (Å²) in [4.78, 5) is 51.1. The standard InChI is InChI=1S/C36H47N3O9S/c1-23(40)44-22-29-32(45-24(2)41)33(46-25(3)42)34(47-26(4)43)35(48-29)38-36(49)37-30(27-16-10-8-11-17-27)31(28-18-12-9-13-19-28)39-20-14-6-5-7-15-21-39/h8-13,16-19,29-35H,5-7,14-15,20-22H2,1-4H3,(H2,37,38,49)/t29-,30+,31+,32-,33+,34-,35-/m1/s1. The molecule has 0 unspecified atom stereocenters. The van der Waals surface area contributed by atoms with Crippen LogP contribution < -0.4 is 10.6 Å². The number of rotatable bonds is 11. The van der Waals surface area contributed by atoms with Gasteiger partial charge < -0.3 is 34.3 Å². The van der Waals surface area contributed by atoms with Crippen molar-refractivity contribution < 1.29 is 42.9 Å². The van der Waals surface area contributed by atoms with Crippen LogP contribution in [0.25, 0.3) is 0 Å². The lowest BCUT2D eigenvalue weighted by Gasteiger charge is -2.45. The van der Waals surface area contributed by atoms with Gasteiger partial charge in [0, 0.05) is 27.7 Å². The van der Waals surface area contributed by atoms with Crippen LogP contribution in [0.1, 0.15) is 83.0 Å². The minimum absolute atomic E-state index is 0.100. The van der Waals surface area contributed by atoms with Crippen molar-refractivity contribution in [3.05, 3.63) is 71.8 Å². The van der Waals surface area contributed by atoms with Crippen LogP contribution in [0.4, 0.5) is 0 Å². The van der Waals surface area contributed by atoms with Gasteiger partial charge >= 0.3 is 23.9 Å². The van der Waals surface area contributed by atoms with Gasteiger partial charge in [-0.3, -0.25) is 24.1 Å². The Morgan fingerprint density at radius 3 is 1.80 bits per heavy atom. The maximum absolute atomic E-state index is 12.4. The van der Waals surface area contributed by atoms with Gasteiger partial charge in [-0.15, -0.1) is 0 Å². The first-order chi connectivity index (χ1) is 23.5. The summed E-state index contributed by atoms with van der Waals surface area (Å²) in [6, 6.07) is 19.9. The van der Waals surface area contributed by atoms with E-state index in [1.807, 2.05) is 36.4 Å². The molecule has 12 nitrogen and oxygen atoms in total. The van der Waals surface area contributed by atoms with E-state index in [0.29, 0.717) is 0 Å². The third-order valence-corrected chi connectivity index (χ3v) is 8.69. The van der Waals surface area contributed by atoms with Crippen LogP contribution in [-0.4, -0.2) is 84.2 Å². The van der Waals surface area contributed by atoms with Gasteiger partial charge in [-0.2, -0.15) is 0 Å². The second-order valence-corrected chi connectivity index (χ2v) is 12.7. The summed E-state index contributed by atoms with van der Waals surface area (Å²) in [5, 5.41) is 6.83. The molecular weight excluding hydrogens is 650 g/mol. The molecule has 4 rings (SSSR count). The van der Waals surface area contributed by atoms with E-state index in [9.17, 15) is 19.2 Å². The monoisotopic (exact) mass is 697 g/mol. The second-order valence-electron chi connectivity index (χ2n) is 12.3. The quantitative estimate of drug-likeness (QED) is 0.196.